The first kappa shape index (κ1) is 17.1. The summed E-state index contributed by atoms with van der Waals surface area (Å²) in [6.07, 6.45) is 6.44. The van der Waals surface area contributed by atoms with Gasteiger partial charge in [0.15, 0.2) is 0 Å². The molecule has 7 heteroatoms. The van der Waals surface area contributed by atoms with E-state index in [0.29, 0.717) is 19.0 Å². The molecule has 3 N–H and O–H groups in total. The van der Waals surface area contributed by atoms with Gasteiger partial charge in [0, 0.05) is 17.3 Å². The molecule has 1 atom stereocenters. The molecule has 0 aliphatic carbocycles. The molecule has 0 spiro atoms. The van der Waals surface area contributed by atoms with Gasteiger partial charge >= 0.3 is 0 Å². The van der Waals surface area contributed by atoms with Gasteiger partial charge in [0.25, 0.3) is 0 Å². The highest BCUT2D eigenvalue weighted by molar-refractivity contribution is 5.73. The molecule has 3 aromatic heterocycles. The van der Waals surface area contributed by atoms with E-state index < -0.39 is 0 Å². The molecule has 7 nitrogen and oxygen atoms in total. The summed E-state index contributed by atoms with van der Waals surface area (Å²) < 4.78 is 7.68. The molecule has 0 fully saturated rings. The molecule has 0 saturated heterocycles. The van der Waals surface area contributed by atoms with E-state index >= 15 is 0 Å². The SMILES string of the molecule is CC(Nc1ncnc(N)c1C#N)c1cc2ccccn2c1C1=CCOCC1. The molecule has 0 aromatic carbocycles. The Labute approximate surface area is 157 Å². The highest BCUT2D eigenvalue weighted by atomic mass is 16.5. The smallest absolute Gasteiger partial charge is 0.150 e. The second-order valence-corrected chi connectivity index (χ2v) is 6.46. The van der Waals surface area contributed by atoms with Crippen molar-refractivity contribution in [3.05, 3.63) is 59.7 Å². The van der Waals surface area contributed by atoms with Crippen LogP contribution < -0.4 is 11.1 Å². The lowest BCUT2D eigenvalue weighted by Crippen LogP contribution is -2.13. The molecule has 0 bridgehead atoms. The van der Waals surface area contributed by atoms with E-state index in [1.807, 2.05) is 12.1 Å². The van der Waals surface area contributed by atoms with Gasteiger partial charge in [-0.3, -0.25) is 0 Å². The third kappa shape index (κ3) is 3.11. The van der Waals surface area contributed by atoms with Crippen molar-refractivity contribution in [1.82, 2.24) is 14.4 Å². The summed E-state index contributed by atoms with van der Waals surface area (Å²) in [5.74, 6) is 0.622. The molecule has 4 rings (SSSR count). The number of nitrogens with one attached hydrogen (secondary N) is 1. The maximum Gasteiger partial charge on any atom is 0.150 e. The lowest BCUT2D eigenvalue weighted by atomic mass is 10.00. The van der Waals surface area contributed by atoms with E-state index in [4.69, 9.17) is 10.5 Å². The number of nitriles is 1. The average Bonchev–Trinajstić information content (AvgIpc) is 3.08. The van der Waals surface area contributed by atoms with Crippen LogP contribution in [-0.4, -0.2) is 27.6 Å². The Morgan fingerprint density at radius 2 is 2.26 bits per heavy atom. The van der Waals surface area contributed by atoms with Crippen LogP contribution in [-0.2, 0) is 4.74 Å². The number of fused-ring (bicyclic) bond motifs is 1. The summed E-state index contributed by atoms with van der Waals surface area (Å²) in [6, 6.07) is 10.3. The van der Waals surface area contributed by atoms with Crippen molar-refractivity contribution in [3.63, 3.8) is 0 Å². The summed E-state index contributed by atoms with van der Waals surface area (Å²) in [5.41, 5.74) is 10.8. The number of nitrogens with two attached hydrogens (primary N) is 1. The van der Waals surface area contributed by atoms with Crippen molar-refractivity contribution in [2.75, 3.05) is 24.3 Å². The third-order valence-electron chi connectivity index (χ3n) is 4.78. The van der Waals surface area contributed by atoms with Crippen molar-refractivity contribution < 1.29 is 4.74 Å². The summed E-state index contributed by atoms with van der Waals surface area (Å²) in [4.78, 5) is 8.10. The molecule has 136 valence electrons. The molecule has 1 aliphatic rings. The Balaban J connectivity index is 1.78. The van der Waals surface area contributed by atoms with Gasteiger partial charge in [0.2, 0.25) is 0 Å². The maximum atomic E-state index is 9.38. The second kappa shape index (κ2) is 7.09. The normalized spacial score (nSPS) is 15.2. The van der Waals surface area contributed by atoms with E-state index in [1.165, 1.54) is 11.9 Å². The lowest BCUT2D eigenvalue weighted by Gasteiger charge is -2.20. The fraction of sp³-hybridized carbons (Fsp3) is 0.250. The number of aromatic nitrogens is 3. The van der Waals surface area contributed by atoms with Crippen molar-refractivity contribution in [3.8, 4) is 6.07 Å². The minimum Gasteiger partial charge on any atom is -0.382 e. The fourth-order valence-corrected chi connectivity index (χ4v) is 3.46. The Kier molecular flexibility index (Phi) is 4.48. The van der Waals surface area contributed by atoms with E-state index in [9.17, 15) is 5.26 Å². The molecule has 3 aromatic rings. The number of hydrogen-bond donors (Lipinski definition) is 2. The summed E-state index contributed by atoms with van der Waals surface area (Å²) in [5, 5.41) is 12.7. The van der Waals surface area contributed by atoms with Crippen LogP contribution in [0.1, 0.15) is 36.2 Å². The van der Waals surface area contributed by atoms with Crippen molar-refractivity contribution in [2.24, 2.45) is 0 Å². The second-order valence-electron chi connectivity index (χ2n) is 6.46. The predicted octanol–water partition coefficient (Wildman–Crippen LogP) is 3.16. The molecule has 0 radical (unpaired) electrons. The first-order valence-corrected chi connectivity index (χ1v) is 8.83. The van der Waals surface area contributed by atoms with Crippen LogP contribution in [0.4, 0.5) is 11.6 Å². The van der Waals surface area contributed by atoms with Crippen molar-refractivity contribution in [2.45, 2.75) is 19.4 Å². The highest BCUT2D eigenvalue weighted by Crippen LogP contribution is 2.33. The molecule has 1 unspecified atom stereocenters. The van der Waals surface area contributed by atoms with Crippen molar-refractivity contribution in [1.29, 1.82) is 5.26 Å². The molecule has 4 heterocycles. The topological polar surface area (TPSA) is 101 Å². The standard InChI is InChI=1S/C20H20N6O/c1-13(25-20-17(11-21)19(22)23-12-24-20)16-10-15-4-2-3-7-26(15)18(16)14-5-8-27-9-6-14/h2-5,7,10,12-13H,6,8-9H2,1H3,(H3,22,23,24,25). The van der Waals surface area contributed by atoms with Gasteiger partial charge in [-0.25, -0.2) is 9.97 Å². The number of nitrogen functional groups attached to an aromatic ring is 1. The van der Waals surface area contributed by atoms with E-state index in [1.54, 1.807) is 0 Å². The van der Waals surface area contributed by atoms with Gasteiger partial charge in [-0.05, 0) is 37.1 Å². The van der Waals surface area contributed by atoms with Gasteiger partial charge in [-0.2, -0.15) is 5.26 Å². The molecule has 0 amide bonds. The molecular formula is C20H20N6O. The number of hydrogen-bond acceptors (Lipinski definition) is 6. The first-order valence-electron chi connectivity index (χ1n) is 8.83. The van der Waals surface area contributed by atoms with Crippen LogP contribution >= 0.6 is 0 Å². The van der Waals surface area contributed by atoms with E-state index in [0.717, 1.165) is 23.2 Å². The van der Waals surface area contributed by atoms with Crippen LogP contribution in [0.3, 0.4) is 0 Å². The third-order valence-corrected chi connectivity index (χ3v) is 4.78. The maximum absolute atomic E-state index is 9.38. The van der Waals surface area contributed by atoms with Crippen LogP contribution in [0.15, 0.2) is 42.9 Å². The van der Waals surface area contributed by atoms with E-state index in [-0.39, 0.29) is 17.4 Å². The quantitative estimate of drug-likeness (QED) is 0.741. The number of pyridine rings is 1. The van der Waals surface area contributed by atoms with Crippen LogP contribution in [0.25, 0.3) is 11.1 Å². The molecular weight excluding hydrogens is 340 g/mol. The number of rotatable bonds is 4. The minimum absolute atomic E-state index is 0.0787. The zero-order valence-electron chi connectivity index (χ0n) is 15.0. The zero-order valence-corrected chi connectivity index (χ0v) is 15.0. The van der Waals surface area contributed by atoms with Gasteiger partial charge in [0.05, 0.1) is 24.9 Å². The summed E-state index contributed by atoms with van der Waals surface area (Å²) in [7, 11) is 0. The summed E-state index contributed by atoms with van der Waals surface area (Å²) >= 11 is 0. The highest BCUT2D eigenvalue weighted by Gasteiger charge is 2.21. The molecule has 27 heavy (non-hydrogen) atoms. The van der Waals surface area contributed by atoms with Gasteiger partial charge < -0.3 is 20.2 Å². The molecule has 0 saturated carbocycles. The Hall–Kier alpha value is -3.37. The number of ether oxygens (including phenoxy) is 1. The minimum atomic E-state index is -0.0787. The Morgan fingerprint density at radius 1 is 1.37 bits per heavy atom. The van der Waals surface area contributed by atoms with Crippen LogP contribution in [0.2, 0.25) is 0 Å². The molecule has 1 aliphatic heterocycles. The lowest BCUT2D eigenvalue weighted by molar-refractivity contribution is 0.161. The largest absolute Gasteiger partial charge is 0.382 e. The first-order chi connectivity index (χ1) is 13.2. The monoisotopic (exact) mass is 360 g/mol. The van der Waals surface area contributed by atoms with Gasteiger partial charge in [-0.15, -0.1) is 0 Å². The average molecular weight is 360 g/mol. The Morgan fingerprint density at radius 3 is 3.04 bits per heavy atom. The Bertz CT molecular complexity index is 1060. The zero-order chi connectivity index (χ0) is 18.8. The van der Waals surface area contributed by atoms with Crippen LogP contribution in [0, 0.1) is 11.3 Å². The summed E-state index contributed by atoms with van der Waals surface area (Å²) in [6.45, 7) is 3.39. The number of nitrogens with zero attached hydrogens (tertiary/aromatic N) is 4. The van der Waals surface area contributed by atoms with Crippen LogP contribution in [0.5, 0.6) is 0 Å². The number of anilines is 2. The van der Waals surface area contributed by atoms with Gasteiger partial charge in [-0.1, -0.05) is 12.1 Å². The van der Waals surface area contributed by atoms with Crippen molar-refractivity contribution >= 4 is 22.7 Å². The van der Waals surface area contributed by atoms with E-state index in [2.05, 4.69) is 57.1 Å². The predicted molar refractivity (Wildman–Crippen MR) is 104 cm³/mol. The van der Waals surface area contributed by atoms with Gasteiger partial charge in [0.1, 0.15) is 29.6 Å². The fourth-order valence-electron chi connectivity index (χ4n) is 3.46.